The number of nitrogens with zero attached hydrogens (tertiary/aromatic N) is 5. The maximum Gasteiger partial charge on any atom is 0.307 e. The third kappa shape index (κ3) is 1.72. The van der Waals surface area contributed by atoms with Crippen LogP contribution in [0.3, 0.4) is 0 Å². The molecule has 78 valence electrons. The third-order valence-corrected chi connectivity index (χ3v) is 1.89. The second-order valence-corrected chi connectivity index (χ2v) is 2.92. The first-order valence-electron chi connectivity index (χ1n) is 4.26. The van der Waals surface area contributed by atoms with Crippen LogP contribution in [0.4, 0.5) is 5.69 Å². The number of nitro groups is 1. The van der Waals surface area contributed by atoms with Crippen LogP contribution < -0.4 is 0 Å². The number of rotatable bonds is 2. The van der Waals surface area contributed by atoms with Gasteiger partial charge < -0.3 is 0 Å². The Hall–Kier alpha value is -2.75. The highest BCUT2D eigenvalue weighted by atomic mass is 16.6. The molecule has 0 aliphatic carbocycles. The zero-order chi connectivity index (χ0) is 11.5. The van der Waals surface area contributed by atoms with Gasteiger partial charge in [-0.1, -0.05) is 0 Å². The maximum absolute atomic E-state index is 10.4. The van der Waals surface area contributed by atoms with Crippen molar-refractivity contribution >= 4 is 5.69 Å². The largest absolute Gasteiger partial charge is 0.307 e. The molecule has 0 unspecified atom stereocenters. The first-order valence-corrected chi connectivity index (χ1v) is 4.26. The summed E-state index contributed by atoms with van der Waals surface area (Å²) in [5, 5.41) is 22.8. The molecule has 2 aromatic heterocycles. The van der Waals surface area contributed by atoms with Gasteiger partial charge in [0.15, 0.2) is 5.82 Å². The summed E-state index contributed by atoms with van der Waals surface area (Å²) in [6, 6.07) is 5.06. The van der Waals surface area contributed by atoms with Crippen LogP contribution in [0.2, 0.25) is 0 Å². The Morgan fingerprint density at radius 2 is 2.25 bits per heavy atom. The van der Waals surface area contributed by atoms with Gasteiger partial charge in [-0.2, -0.15) is 10.4 Å². The minimum atomic E-state index is -0.535. The molecule has 7 heteroatoms. The zero-order valence-electron chi connectivity index (χ0n) is 7.94. The summed E-state index contributed by atoms with van der Waals surface area (Å²) in [6.45, 7) is 0. The molecule has 0 amide bonds. The van der Waals surface area contributed by atoms with Crippen molar-refractivity contribution in [3.63, 3.8) is 0 Å². The summed E-state index contributed by atoms with van der Waals surface area (Å²) in [5.41, 5.74) is 0.316. The van der Waals surface area contributed by atoms with E-state index in [1.165, 1.54) is 17.1 Å². The highest BCUT2D eigenvalue weighted by Gasteiger charge is 2.10. The Balaban J connectivity index is 2.36. The van der Waals surface area contributed by atoms with Crippen LogP contribution in [0.1, 0.15) is 5.56 Å². The Morgan fingerprint density at radius 1 is 1.44 bits per heavy atom. The van der Waals surface area contributed by atoms with Crippen molar-refractivity contribution in [2.24, 2.45) is 0 Å². The third-order valence-electron chi connectivity index (χ3n) is 1.89. The molecule has 0 N–H and O–H groups in total. The van der Waals surface area contributed by atoms with Gasteiger partial charge in [-0.05, 0) is 12.1 Å². The van der Waals surface area contributed by atoms with Gasteiger partial charge in [-0.3, -0.25) is 10.1 Å². The topological polar surface area (TPSA) is 97.6 Å². The van der Waals surface area contributed by atoms with Gasteiger partial charge in [0.2, 0.25) is 0 Å². The lowest BCUT2D eigenvalue weighted by Crippen LogP contribution is -1.97. The van der Waals surface area contributed by atoms with E-state index < -0.39 is 4.92 Å². The fourth-order valence-corrected chi connectivity index (χ4v) is 1.12. The lowest BCUT2D eigenvalue weighted by atomic mass is 10.3. The first kappa shape index (κ1) is 9.79. The number of hydrogen-bond acceptors (Lipinski definition) is 5. The van der Waals surface area contributed by atoms with E-state index in [9.17, 15) is 10.1 Å². The molecule has 0 aliphatic heterocycles. The van der Waals surface area contributed by atoms with Crippen molar-refractivity contribution in [2.75, 3.05) is 0 Å². The SMILES string of the molecule is N#Cc1ccc(-n2cc([N+](=O)[O-])cn2)nc1. The van der Waals surface area contributed by atoms with Crippen LogP contribution in [-0.2, 0) is 0 Å². The maximum atomic E-state index is 10.4. The van der Waals surface area contributed by atoms with E-state index in [0.717, 1.165) is 6.20 Å². The summed E-state index contributed by atoms with van der Waals surface area (Å²) >= 11 is 0. The molecule has 2 aromatic rings. The number of nitriles is 1. The highest BCUT2D eigenvalue weighted by molar-refractivity contribution is 5.33. The summed E-state index contributed by atoms with van der Waals surface area (Å²) in [4.78, 5) is 13.8. The molecular formula is C9H5N5O2. The monoisotopic (exact) mass is 215 g/mol. The molecule has 0 saturated carbocycles. The average Bonchev–Trinajstić information content (AvgIpc) is 2.78. The summed E-state index contributed by atoms with van der Waals surface area (Å²) in [7, 11) is 0. The van der Waals surface area contributed by atoms with Crippen LogP contribution >= 0.6 is 0 Å². The molecule has 0 fully saturated rings. The van der Waals surface area contributed by atoms with Crippen LogP contribution in [0.5, 0.6) is 0 Å². The normalized spacial score (nSPS) is 9.69. The second kappa shape index (κ2) is 3.78. The lowest BCUT2D eigenvalue weighted by Gasteiger charge is -1.97. The summed E-state index contributed by atoms with van der Waals surface area (Å²) < 4.78 is 1.28. The van der Waals surface area contributed by atoms with Crippen LogP contribution in [0.25, 0.3) is 5.82 Å². The van der Waals surface area contributed by atoms with Crippen LogP contribution in [-0.4, -0.2) is 19.7 Å². The first-order chi connectivity index (χ1) is 7.70. The molecule has 16 heavy (non-hydrogen) atoms. The molecule has 0 spiro atoms. The van der Waals surface area contributed by atoms with E-state index in [0.29, 0.717) is 11.4 Å². The average molecular weight is 215 g/mol. The Morgan fingerprint density at radius 3 is 2.75 bits per heavy atom. The van der Waals surface area contributed by atoms with Crippen molar-refractivity contribution in [3.05, 3.63) is 46.4 Å². The Kier molecular flexibility index (Phi) is 2.31. The molecule has 0 aromatic carbocycles. The van der Waals surface area contributed by atoms with Gasteiger partial charge in [0.1, 0.15) is 18.5 Å². The molecule has 0 saturated heterocycles. The van der Waals surface area contributed by atoms with E-state index in [4.69, 9.17) is 5.26 Å². The highest BCUT2D eigenvalue weighted by Crippen LogP contribution is 2.11. The molecule has 0 aliphatic rings. The van der Waals surface area contributed by atoms with E-state index >= 15 is 0 Å². The molecule has 0 radical (unpaired) electrons. The predicted octanol–water partition coefficient (Wildman–Crippen LogP) is 1.05. The van der Waals surface area contributed by atoms with Gasteiger partial charge >= 0.3 is 5.69 Å². The van der Waals surface area contributed by atoms with Crippen LogP contribution in [0.15, 0.2) is 30.7 Å². The van der Waals surface area contributed by atoms with E-state index in [1.807, 2.05) is 6.07 Å². The van der Waals surface area contributed by atoms with Gasteiger partial charge in [-0.25, -0.2) is 9.67 Å². The summed E-state index contributed by atoms with van der Waals surface area (Å²) in [6.07, 6.45) is 3.77. The van der Waals surface area contributed by atoms with Crippen molar-refractivity contribution in [1.82, 2.24) is 14.8 Å². The van der Waals surface area contributed by atoms with Gasteiger partial charge in [0.05, 0.1) is 10.5 Å². The zero-order valence-corrected chi connectivity index (χ0v) is 7.94. The van der Waals surface area contributed by atoms with Gasteiger partial charge in [0.25, 0.3) is 0 Å². The Bertz CT molecular complexity index is 566. The number of hydrogen-bond donors (Lipinski definition) is 0. The van der Waals surface area contributed by atoms with Crippen molar-refractivity contribution in [1.29, 1.82) is 5.26 Å². The van der Waals surface area contributed by atoms with E-state index in [2.05, 4.69) is 10.1 Å². The fourth-order valence-electron chi connectivity index (χ4n) is 1.12. The van der Waals surface area contributed by atoms with Crippen LogP contribution in [0, 0.1) is 21.4 Å². The summed E-state index contributed by atoms with van der Waals surface area (Å²) in [5.74, 6) is 0.423. The number of aromatic nitrogens is 3. The second-order valence-electron chi connectivity index (χ2n) is 2.92. The van der Waals surface area contributed by atoms with Crippen molar-refractivity contribution in [2.45, 2.75) is 0 Å². The smallest absolute Gasteiger partial charge is 0.258 e. The fraction of sp³-hybridized carbons (Fsp3) is 0. The molecular weight excluding hydrogens is 210 g/mol. The molecule has 0 atom stereocenters. The van der Waals surface area contributed by atoms with Crippen molar-refractivity contribution < 1.29 is 4.92 Å². The molecule has 2 rings (SSSR count). The number of pyridine rings is 1. The quantitative estimate of drug-likeness (QED) is 0.550. The lowest BCUT2D eigenvalue weighted by molar-refractivity contribution is -0.384. The van der Waals surface area contributed by atoms with Gasteiger partial charge in [0, 0.05) is 6.20 Å². The van der Waals surface area contributed by atoms with E-state index in [-0.39, 0.29) is 5.69 Å². The molecule has 7 nitrogen and oxygen atoms in total. The van der Waals surface area contributed by atoms with Gasteiger partial charge in [-0.15, -0.1) is 0 Å². The van der Waals surface area contributed by atoms with E-state index in [1.54, 1.807) is 12.1 Å². The standard InChI is InChI=1S/C9H5N5O2/c10-3-7-1-2-9(11-4-7)13-6-8(5-12-13)14(15)16/h1-2,4-6H. The molecule has 0 bridgehead atoms. The molecule has 2 heterocycles. The predicted molar refractivity (Wildman–Crippen MR) is 52.7 cm³/mol. The minimum Gasteiger partial charge on any atom is -0.258 e. The van der Waals surface area contributed by atoms with Crippen molar-refractivity contribution in [3.8, 4) is 11.9 Å². The Labute approximate surface area is 89.7 Å². The minimum absolute atomic E-state index is 0.105.